The van der Waals surface area contributed by atoms with Crippen LogP contribution in [0.25, 0.3) is 0 Å². The lowest BCUT2D eigenvalue weighted by Gasteiger charge is -2.22. The second kappa shape index (κ2) is 6.21. The Bertz CT molecular complexity index is 529. The van der Waals surface area contributed by atoms with Crippen molar-refractivity contribution in [3.05, 3.63) is 47.0 Å². The van der Waals surface area contributed by atoms with Crippen LogP contribution in [0.15, 0.2) is 30.6 Å². The van der Waals surface area contributed by atoms with Crippen LogP contribution in [-0.4, -0.2) is 18.6 Å². The molecule has 0 radical (unpaired) electrons. The van der Waals surface area contributed by atoms with Gasteiger partial charge in [-0.25, -0.2) is 8.78 Å². The maximum Gasteiger partial charge on any atom is 0.397 e. The van der Waals surface area contributed by atoms with E-state index in [0.717, 1.165) is 18.2 Å². The van der Waals surface area contributed by atoms with Gasteiger partial charge in [0.25, 0.3) is 5.91 Å². The molecule has 1 N–H and O–H groups in total. The second-order valence-electron chi connectivity index (χ2n) is 3.87. The van der Waals surface area contributed by atoms with E-state index < -0.39 is 46.8 Å². The molecule has 0 heterocycles. The largest absolute Gasteiger partial charge is 0.397 e. The second-order valence-corrected chi connectivity index (χ2v) is 4.28. The fourth-order valence-electron chi connectivity index (χ4n) is 1.48. The van der Waals surface area contributed by atoms with Crippen LogP contribution in [0.4, 0.5) is 22.0 Å². The Morgan fingerprint density at radius 1 is 1.40 bits per heavy atom. The molecule has 0 bridgehead atoms. The van der Waals surface area contributed by atoms with Gasteiger partial charge in [-0.05, 0) is 17.7 Å². The molecular weight excluding hydrogens is 305 g/mol. The van der Waals surface area contributed by atoms with Crippen molar-refractivity contribution < 1.29 is 26.7 Å². The third-order valence-electron chi connectivity index (χ3n) is 2.45. The molecule has 0 aliphatic heterocycles. The topological polar surface area (TPSA) is 29.1 Å². The number of hydrogen-bond donors (Lipinski definition) is 1. The predicted octanol–water partition coefficient (Wildman–Crippen LogP) is 3.72. The Hall–Kier alpha value is -1.63. The van der Waals surface area contributed by atoms with E-state index in [9.17, 15) is 26.7 Å². The van der Waals surface area contributed by atoms with E-state index in [1.165, 1.54) is 0 Å². The van der Waals surface area contributed by atoms with Crippen molar-refractivity contribution >= 4 is 17.5 Å². The summed E-state index contributed by atoms with van der Waals surface area (Å²) in [5.74, 6) is -5.73. The summed E-state index contributed by atoms with van der Waals surface area (Å²) in [6.45, 7) is 1.73. The van der Waals surface area contributed by atoms with Gasteiger partial charge in [0.15, 0.2) is 5.83 Å². The van der Waals surface area contributed by atoms with Crippen LogP contribution in [-0.2, 0) is 4.79 Å². The summed E-state index contributed by atoms with van der Waals surface area (Å²) >= 11 is 5.56. The fourth-order valence-corrected chi connectivity index (χ4v) is 1.78. The van der Waals surface area contributed by atoms with Crippen molar-refractivity contribution in [1.82, 2.24) is 5.32 Å². The summed E-state index contributed by atoms with van der Waals surface area (Å²) in [4.78, 5) is 10.9. The van der Waals surface area contributed by atoms with Crippen molar-refractivity contribution in [2.75, 3.05) is 6.54 Å². The lowest BCUT2D eigenvalue weighted by molar-refractivity contribution is -0.150. The van der Waals surface area contributed by atoms with Gasteiger partial charge in [-0.2, -0.15) is 13.2 Å². The molecule has 1 aromatic rings. The minimum absolute atomic E-state index is 0.412. The van der Waals surface area contributed by atoms with E-state index in [1.54, 1.807) is 5.32 Å². The first-order valence-corrected chi connectivity index (χ1v) is 5.65. The SMILES string of the molecule is C=C(F)C(=O)NCC(c1ccc(F)cc1Cl)C(F)(F)F. The maximum atomic E-state index is 12.9. The number of alkyl halides is 3. The Morgan fingerprint density at radius 3 is 2.45 bits per heavy atom. The lowest BCUT2D eigenvalue weighted by atomic mass is 9.98. The van der Waals surface area contributed by atoms with Crippen molar-refractivity contribution in [2.24, 2.45) is 0 Å². The van der Waals surface area contributed by atoms with E-state index in [0.29, 0.717) is 0 Å². The Kier molecular flexibility index (Phi) is 5.10. The van der Waals surface area contributed by atoms with Gasteiger partial charge in [0.1, 0.15) is 5.82 Å². The van der Waals surface area contributed by atoms with Gasteiger partial charge >= 0.3 is 6.18 Å². The molecule has 1 atom stereocenters. The highest BCUT2D eigenvalue weighted by atomic mass is 35.5. The molecule has 1 aromatic carbocycles. The summed E-state index contributed by atoms with van der Waals surface area (Å²) in [6.07, 6.45) is -4.74. The molecule has 8 heteroatoms. The average Bonchev–Trinajstić information content (AvgIpc) is 2.29. The highest BCUT2D eigenvalue weighted by molar-refractivity contribution is 6.31. The van der Waals surface area contributed by atoms with E-state index >= 15 is 0 Å². The van der Waals surface area contributed by atoms with E-state index in [2.05, 4.69) is 6.58 Å². The van der Waals surface area contributed by atoms with Crippen LogP contribution in [0.1, 0.15) is 11.5 Å². The van der Waals surface area contributed by atoms with Gasteiger partial charge in [0.05, 0.1) is 5.92 Å². The molecular formula is C12H9ClF5NO. The number of nitrogens with one attached hydrogen (secondary N) is 1. The van der Waals surface area contributed by atoms with Gasteiger partial charge < -0.3 is 5.32 Å². The van der Waals surface area contributed by atoms with Crippen LogP contribution < -0.4 is 5.32 Å². The molecule has 110 valence electrons. The maximum absolute atomic E-state index is 12.9. The third-order valence-corrected chi connectivity index (χ3v) is 2.77. The van der Waals surface area contributed by atoms with Gasteiger partial charge in [0.2, 0.25) is 0 Å². The summed E-state index contributed by atoms with van der Waals surface area (Å²) < 4.78 is 64.0. The number of benzene rings is 1. The Labute approximate surface area is 116 Å². The normalized spacial score (nSPS) is 12.9. The molecule has 0 spiro atoms. The zero-order chi connectivity index (χ0) is 15.5. The predicted molar refractivity (Wildman–Crippen MR) is 63.5 cm³/mol. The van der Waals surface area contributed by atoms with E-state index in [-0.39, 0.29) is 0 Å². The van der Waals surface area contributed by atoms with Crippen molar-refractivity contribution in [1.29, 1.82) is 0 Å². The highest BCUT2D eigenvalue weighted by Gasteiger charge is 2.42. The van der Waals surface area contributed by atoms with Gasteiger partial charge in [-0.3, -0.25) is 4.79 Å². The van der Waals surface area contributed by atoms with Crippen molar-refractivity contribution in [2.45, 2.75) is 12.1 Å². The molecule has 0 aliphatic carbocycles. The average molecular weight is 314 g/mol. The zero-order valence-electron chi connectivity index (χ0n) is 9.90. The summed E-state index contributed by atoms with van der Waals surface area (Å²) in [5, 5.41) is 1.31. The summed E-state index contributed by atoms with van der Waals surface area (Å²) in [5.41, 5.74) is -0.412. The number of rotatable bonds is 4. The molecule has 0 aromatic heterocycles. The Morgan fingerprint density at radius 2 is 2.00 bits per heavy atom. The highest BCUT2D eigenvalue weighted by Crippen LogP contribution is 2.37. The summed E-state index contributed by atoms with van der Waals surface area (Å²) in [6, 6.07) is 2.41. The van der Waals surface area contributed by atoms with E-state index in [1.807, 2.05) is 0 Å². The molecule has 2 nitrogen and oxygen atoms in total. The van der Waals surface area contributed by atoms with Gasteiger partial charge in [-0.15, -0.1) is 0 Å². The minimum atomic E-state index is -4.74. The smallest absolute Gasteiger partial charge is 0.349 e. The molecule has 0 aliphatic rings. The molecule has 1 amide bonds. The number of amides is 1. The number of hydrogen-bond acceptors (Lipinski definition) is 1. The first-order chi connectivity index (χ1) is 9.12. The molecule has 0 fully saturated rings. The molecule has 1 rings (SSSR count). The molecule has 0 saturated carbocycles. The quantitative estimate of drug-likeness (QED) is 0.666. The number of carbonyl (C=O) groups is 1. The Balaban J connectivity index is 3.01. The van der Waals surface area contributed by atoms with Crippen LogP contribution in [0.2, 0.25) is 5.02 Å². The lowest BCUT2D eigenvalue weighted by Crippen LogP contribution is -2.35. The molecule has 1 unspecified atom stereocenters. The van der Waals surface area contributed by atoms with Crippen molar-refractivity contribution in [3.63, 3.8) is 0 Å². The first-order valence-electron chi connectivity index (χ1n) is 5.27. The number of halogens is 6. The minimum Gasteiger partial charge on any atom is -0.349 e. The fraction of sp³-hybridized carbons (Fsp3) is 0.250. The molecule has 20 heavy (non-hydrogen) atoms. The van der Waals surface area contributed by atoms with Gasteiger partial charge in [0, 0.05) is 11.6 Å². The standard InChI is InChI=1S/C12H9ClF5NO/c1-6(14)11(20)19-5-9(12(16,17)18)8-3-2-7(15)4-10(8)13/h2-4,9H,1,5H2,(H,19,20). The van der Waals surface area contributed by atoms with Gasteiger partial charge in [-0.1, -0.05) is 24.2 Å². The number of carbonyl (C=O) groups excluding carboxylic acids is 1. The molecule has 0 saturated heterocycles. The monoisotopic (exact) mass is 313 g/mol. The van der Waals surface area contributed by atoms with Crippen LogP contribution >= 0.6 is 11.6 Å². The first kappa shape index (κ1) is 16.4. The third kappa shape index (κ3) is 4.19. The summed E-state index contributed by atoms with van der Waals surface area (Å²) in [7, 11) is 0. The van der Waals surface area contributed by atoms with Crippen LogP contribution in [0, 0.1) is 5.82 Å². The van der Waals surface area contributed by atoms with Crippen LogP contribution in [0.5, 0.6) is 0 Å². The zero-order valence-corrected chi connectivity index (χ0v) is 10.7. The van der Waals surface area contributed by atoms with Crippen molar-refractivity contribution in [3.8, 4) is 0 Å². The van der Waals surface area contributed by atoms with Crippen LogP contribution in [0.3, 0.4) is 0 Å². The van der Waals surface area contributed by atoms with E-state index in [4.69, 9.17) is 11.6 Å².